The molecule has 0 saturated carbocycles. The van der Waals surface area contributed by atoms with E-state index in [0.29, 0.717) is 11.5 Å². The van der Waals surface area contributed by atoms with Crippen LogP contribution in [0.25, 0.3) is 11.0 Å². The van der Waals surface area contributed by atoms with Crippen LogP contribution in [0.3, 0.4) is 0 Å². The van der Waals surface area contributed by atoms with Crippen molar-refractivity contribution in [2.75, 3.05) is 5.32 Å². The van der Waals surface area contributed by atoms with E-state index in [9.17, 15) is 4.79 Å². The Morgan fingerprint density at radius 1 is 1.23 bits per heavy atom. The number of rotatable bonds is 7. The van der Waals surface area contributed by atoms with Gasteiger partial charge in [0, 0.05) is 11.6 Å². The molecule has 2 heterocycles. The molecule has 0 aromatic carbocycles. The van der Waals surface area contributed by atoms with E-state index in [1.165, 1.54) is 12.8 Å². The van der Waals surface area contributed by atoms with Crippen molar-refractivity contribution in [3.8, 4) is 5.88 Å². The number of amides is 1. The van der Waals surface area contributed by atoms with Crippen LogP contribution < -0.4 is 10.1 Å². The van der Waals surface area contributed by atoms with Crippen LogP contribution in [0.2, 0.25) is 0 Å². The van der Waals surface area contributed by atoms with Crippen LogP contribution >= 0.6 is 0 Å². The van der Waals surface area contributed by atoms with Gasteiger partial charge in [0.2, 0.25) is 17.7 Å². The van der Waals surface area contributed by atoms with Gasteiger partial charge in [-0.2, -0.15) is 9.97 Å². The molecule has 0 atom stereocenters. The van der Waals surface area contributed by atoms with Crippen molar-refractivity contribution in [2.24, 2.45) is 5.41 Å². The minimum Gasteiger partial charge on any atom is -0.474 e. The van der Waals surface area contributed by atoms with E-state index < -0.39 is 5.41 Å². The molecule has 0 spiro atoms. The summed E-state index contributed by atoms with van der Waals surface area (Å²) in [5.74, 6) is 0.530. The highest BCUT2D eigenvalue weighted by Gasteiger charge is 2.23. The molecule has 142 valence electrons. The molecule has 1 amide bonds. The Labute approximate surface area is 155 Å². The van der Waals surface area contributed by atoms with E-state index in [4.69, 9.17) is 4.74 Å². The van der Waals surface area contributed by atoms with Gasteiger partial charge in [-0.25, -0.2) is 4.98 Å². The van der Waals surface area contributed by atoms with Crippen molar-refractivity contribution in [1.82, 2.24) is 15.0 Å². The van der Waals surface area contributed by atoms with Crippen LogP contribution in [0.1, 0.15) is 66.4 Å². The number of carbonyl (C=O) groups is 1. The molecule has 0 saturated heterocycles. The van der Waals surface area contributed by atoms with E-state index >= 15 is 0 Å². The topological polar surface area (TPSA) is 77.0 Å². The number of nitrogens with one attached hydrogen (secondary N) is 1. The fraction of sp³-hybridized carbons (Fsp3) is 0.600. The van der Waals surface area contributed by atoms with E-state index in [1.54, 1.807) is 0 Å². The second-order valence-electron chi connectivity index (χ2n) is 7.89. The van der Waals surface area contributed by atoms with Crippen molar-refractivity contribution in [3.05, 3.63) is 17.8 Å². The van der Waals surface area contributed by atoms with Crippen LogP contribution in [0.4, 0.5) is 5.95 Å². The molecule has 1 N–H and O–H groups in total. The number of anilines is 1. The van der Waals surface area contributed by atoms with Crippen LogP contribution in [-0.4, -0.2) is 27.0 Å². The second kappa shape index (κ2) is 8.43. The number of hydrogen-bond donors (Lipinski definition) is 1. The lowest BCUT2D eigenvalue weighted by Crippen LogP contribution is -2.28. The molecule has 2 aromatic heterocycles. The lowest BCUT2D eigenvalue weighted by Gasteiger charge is -2.18. The standard InChI is InChI=1S/C20H30N4O2/c1-7-8-9-10-14-11-15-16(21-12-14)22-19(23-17(15)26-13(2)3)24-18(25)20(4,5)6/h11-13H,7-10H2,1-6H3,(H,21,22,23,24,25). The summed E-state index contributed by atoms with van der Waals surface area (Å²) in [5.41, 5.74) is 1.14. The molecule has 6 nitrogen and oxygen atoms in total. The number of fused-ring (bicyclic) bond motifs is 1. The van der Waals surface area contributed by atoms with Gasteiger partial charge in [-0.05, 0) is 38.3 Å². The first kappa shape index (κ1) is 20.1. The Morgan fingerprint density at radius 2 is 1.96 bits per heavy atom. The molecule has 0 aliphatic rings. The number of aryl methyl sites for hydroxylation is 1. The highest BCUT2D eigenvalue weighted by atomic mass is 16.5. The summed E-state index contributed by atoms with van der Waals surface area (Å²) >= 11 is 0. The van der Waals surface area contributed by atoms with Gasteiger partial charge < -0.3 is 4.74 Å². The average molecular weight is 358 g/mol. The molecule has 0 radical (unpaired) electrons. The van der Waals surface area contributed by atoms with Crippen LogP contribution in [0, 0.1) is 5.41 Å². The zero-order valence-electron chi connectivity index (χ0n) is 16.7. The normalized spacial score (nSPS) is 11.8. The summed E-state index contributed by atoms with van der Waals surface area (Å²) in [5, 5.41) is 3.54. The fourth-order valence-electron chi connectivity index (χ4n) is 2.40. The predicted octanol–water partition coefficient (Wildman–Crippen LogP) is 4.53. The Balaban J connectivity index is 2.39. The third-order valence-electron chi connectivity index (χ3n) is 3.90. The number of carbonyl (C=O) groups excluding carboxylic acids is 1. The number of unbranched alkanes of at least 4 members (excludes halogenated alkanes) is 2. The third-order valence-corrected chi connectivity index (χ3v) is 3.90. The summed E-state index contributed by atoms with van der Waals surface area (Å²) in [7, 11) is 0. The maximum absolute atomic E-state index is 12.3. The lowest BCUT2D eigenvalue weighted by molar-refractivity contribution is -0.123. The highest BCUT2D eigenvalue weighted by Crippen LogP contribution is 2.26. The summed E-state index contributed by atoms with van der Waals surface area (Å²) in [6, 6.07) is 2.05. The molecule has 0 unspecified atom stereocenters. The van der Waals surface area contributed by atoms with Gasteiger partial charge in [-0.15, -0.1) is 0 Å². The lowest BCUT2D eigenvalue weighted by atomic mass is 9.96. The molecular formula is C20H30N4O2. The SMILES string of the molecule is CCCCCc1cnc2nc(NC(=O)C(C)(C)C)nc(OC(C)C)c2c1. The molecule has 0 bridgehead atoms. The highest BCUT2D eigenvalue weighted by molar-refractivity contribution is 5.94. The molecule has 26 heavy (non-hydrogen) atoms. The summed E-state index contributed by atoms with van der Waals surface area (Å²) < 4.78 is 5.87. The minimum atomic E-state index is -0.534. The molecule has 2 rings (SSSR count). The summed E-state index contributed by atoms with van der Waals surface area (Å²) in [6.07, 6.45) is 6.29. The number of aromatic nitrogens is 3. The zero-order valence-corrected chi connectivity index (χ0v) is 16.7. The van der Waals surface area contributed by atoms with E-state index in [2.05, 4.69) is 27.2 Å². The van der Waals surface area contributed by atoms with Crippen molar-refractivity contribution in [2.45, 2.75) is 73.3 Å². The third kappa shape index (κ3) is 5.38. The first-order valence-electron chi connectivity index (χ1n) is 9.35. The second-order valence-corrected chi connectivity index (χ2v) is 7.89. The molecule has 0 aliphatic carbocycles. The van der Waals surface area contributed by atoms with Crippen LogP contribution in [0.15, 0.2) is 12.3 Å². The van der Waals surface area contributed by atoms with Gasteiger partial charge in [-0.3, -0.25) is 10.1 Å². The van der Waals surface area contributed by atoms with Gasteiger partial charge in [0.25, 0.3) is 0 Å². The quantitative estimate of drug-likeness (QED) is 0.736. The fourth-order valence-corrected chi connectivity index (χ4v) is 2.40. The first-order valence-corrected chi connectivity index (χ1v) is 9.35. The minimum absolute atomic E-state index is 0.0389. The van der Waals surface area contributed by atoms with E-state index in [0.717, 1.165) is 23.8 Å². The molecule has 2 aromatic rings. The Morgan fingerprint density at radius 3 is 2.58 bits per heavy atom. The number of ether oxygens (including phenoxy) is 1. The maximum atomic E-state index is 12.3. The predicted molar refractivity (Wildman–Crippen MR) is 104 cm³/mol. The van der Waals surface area contributed by atoms with E-state index in [-0.39, 0.29) is 18.0 Å². The molecule has 0 fully saturated rings. The molecule has 6 heteroatoms. The van der Waals surface area contributed by atoms with Crippen LogP contribution in [-0.2, 0) is 11.2 Å². The number of pyridine rings is 1. The Kier molecular flexibility index (Phi) is 6.51. The van der Waals surface area contributed by atoms with Crippen molar-refractivity contribution in [3.63, 3.8) is 0 Å². The number of hydrogen-bond acceptors (Lipinski definition) is 5. The van der Waals surface area contributed by atoms with Gasteiger partial charge in [0.15, 0.2) is 5.65 Å². The van der Waals surface area contributed by atoms with Crippen molar-refractivity contribution >= 4 is 22.9 Å². The van der Waals surface area contributed by atoms with Crippen molar-refractivity contribution < 1.29 is 9.53 Å². The average Bonchev–Trinajstić information content (AvgIpc) is 2.54. The number of nitrogens with zero attached hydrogens (tertiary/aromatic N) is 3. The van der Waals surface area contributed by atoms with Gasteiger partial charge in [-0.1, -0.05) is 40.5 Å². The van der Waals surface area contributed by atoms with Crippen LogP contribution in [0.5, 0.6) is 5.88 Å². The largest absolute Gasteiger partial charge is 0.474 e. The van der Waals surface area contributed by atoms with E-state index in [1.807, 2.05) is 46.9 Å². The maximum Gasteiger partial charge on any atom is 0.234 e. The Hall–Kier alpha value is -2.24. The summed E-state index contributed by atoms with van der Waals surface area (Å²) in [6.45, 7) is 11.6. The Bertz CT molecular complexity index is 766. The zero-order chi connectivity index (χ0) is 19.3. The van der Waals surface area contributed by atoms with Crippen molar-refractivity contribution in [1.29, 1.82) is 0 Å². The first-order chi connectivity index (χ1) is 12.2. The molecule has 0 aliphatic heterocycles. The van der Waals surface area contributed by atoms with Gasteiger partial charge >= 0.3 is 0 Å². The smallest absolute Gasteiger partial charge is 0.234 e. The molecular weight excluding hydrogens is 328 g/mol. The summed E-state index contributed by atoms with van der Waals surface area (Å²) in [4.78, 5) is 25.6. The van der Waals surface area contributed by atoms with Gasteiger partial charge in [0.05, 0.1) is 11.5 Å². The monoisotopic (exact) mass is 358 g/mol. The van der Waals surface area contributed by atoms with Gasteiger partial charge in [0.1, 0.15) is 0 Å².